The Bertz CT molecular complexity index is 412. The van der Waals surface area contributed by atoms with Crippen LogP contribution in [-0.4, -0.2) is 13.7 Å². The minimum absolute atomic E-state index is 0.333. The largest absolute Gasteiger partial charge is 0.495 e. The molecule has 1 N–H and O–H groups in total. The van der Waals surface area contributed by atoms with Crippen molar-refractivity contribution in [1.82, 2.24) is 5.32 Å². The number of halogens is 1. The molecule has 0 heterocycles. The molecule has 3 nitrogen and oxygen atoms in total. The molecule has 0 aliphatic carbocycles. The van der Waals surface area contributed by atoms with Crippen LogP contribution in [0, 0.1) is 17.2 Å². The fourth-order valence-corrected chi connectivity index (χ4v) is 1.72. The number of rotatable bonds is 5. The van der Waals surface area contributed by atoms with Gasteiger partial charge in [-0.15, -0.1) is 0 Å². The fourth-order valence-electron chi connectivity index (χ4n) is 1.45. The lowest BCUT2D eigenvalue weighted by molar-refractivity contribution is 0.414. The summed E-state index contributed by atoms with van der Waals surface area (Å²) in [7, 11) is 1.57. The highest BCUT2D eigenvalue weighted by Crippen LogP contribution is 2.27. The van der Waals surface area contributed by atoms with Crippen LogP contribution in [0.4, 0.5) is 0 Å². The smallest absolute Gasteiger partial charge is 0.137 e. The van der Waals surface area contributed by atoms with Crippen LogP contribution in [0.5, 0.6) is 5.75 Å². The molecule has 17 heavy (non-hydrogen) atoms. The van der Waals surface area contributed by atoms with E-state index in [0.29, 0.717) is 16.7 Å². The minimum atomic E-state index is -0.333. The molecule has 1 aromatic rings. The summed E-state index contributed by atoms with van der Waals surface area (Å²) in [6.45, 7) is 4.99. The summed E-state index contributed by atoms with van der Waals surface area (Å²) in [5.74, 6) is 1.12. The number of ether oxygens (including phenoxy) is 1. The molecular weight excluding hydrogens is 236 g/mol. The lowest BCUT2D eigenvalue weighted by Gasteiger charge is -2.14. The van der Waals surface area contributed by atoms with Crippen LogP contribution in [0.3, 0.4) is 0 Å². The normalized spacial score (nSPS) is 12.2. The van der Waals surface area contributed by atoms with Gasteiger partial charge < -0.3 is 4.74 Å². The Labute approximate surface area is 107 Å². The quantitative estimate of drug-likeness (QED) is 0.876. The van der Waals surface area contributed by atoms with Crippen LogP contribution in [0.2, 0.25) is 5.02 Å². The second kappa shape index (κ2) is 6.48. The number of nitrogens with zero attached hydrogens (tertiary/aromatic N) is 1. The molecule has 0 aromatic heterocycles. The van der Waals surface area contributed by atoms with E-state index in [1.54, 1.807) is 19.2 Å². The van der Waals surface area contributed by atoms with E-state index in [-0.39, 0.29) is 6.04 Å². The van der Waals surface area contributed by atoms with Gasteiger partial charge in [0.15, 0.2) is 0 Å². The Kier molecular flexibility index (Phi) is 5.27. The summed E-state index contributed by atoms with van der Waals surface area (Å²) in [5.41, 5.74) is 0.860. The average molecular weight is 253 g/mol. The summed E-state index contributed by atoms with van der Waals surface area (Å²) >= 11 is 6.03. The van der Waals surface area contributed by atoms with Crippen LogP contribution in [-0.2, 0) is 0 Å². The van der Waals surface area contributed by atoms with E-state index in [1.807, 2.05) is 6.07 Å². The van der Waals surface area contributed by atoms with Crippen molar-refractivity contribution < 1.29 is 4.74 Å². The van der Waals surface area contributed by atoms with Crippen molar-refractivity contribution in [3.8, 4) is 11.8 Å². The van der Waals surface area contributed by atoms with E-state index < -0.39 is 0 Å². The molecule has 4 heteroatoms. The van der Waals surface area contributed by atoms with Crippen molar-refractivity contribution in [3.63, 3.8) is 0 Å². The number of methoxy groups -OCH3 is 1. The maximum atomic E-state index is 9.12. The first kappa shape index (κ1) is 13.8. The van der Waals surface area contributed by atoms with Crippen LogP contribution < -0.4 is 10.1 Å². The molecule has 0 fully saturated rings. The summed E-state index contributed by atoms with van der Waals surface area (Å²) < 4.78 is 5.08. The molecule has 0 saturated heterocycles. The summed E-state index contributed by atoms with van der Waals surface area (Å²) in [5, 5.41) is 12.8. The topological polar surface area (TPSA) is 45.0 Å². The third-order valence-electron chi connectivity index (χ3n) is 2.37. The van der Waals surface area contributed by atoms with Gasteiger partial charge >= 0.3 is 0 Å². The predicted molar refractivity (Wildman–Crippen MR) is 69.2 cm³/mol. The predicted octanol–water partition coefficient (Wildman–Crippen LogP) is 3.16. The van der Waals surface area contributed by atoms with E-state index in [9.17, 15) is 0 Å². The summed E-state index contributed by atoms with van der Waals surface area (Å²) in [6.07, 6.45) is 0. The van der Waals surface area contributed by atoms with Gasteiger partial charge in [-0.05, 0) is 30.2 Å². The van der Waals surface area contributed by atoms with Gasteiger partial charge in [-0.3, -0.25) is 5.32 Å². The van der Waals surface area contributed by atoms with Crippen LogP contribution in [0.1, 0.15) is 25.5 Å². The van der Waals surface area contributed by atoms with Gasteiger partial charge in [-0.2, -0.15) is 5.26 Å². The third kappa shape index (κ3) is 3.92. The Morgan fingerprint density at radius 1 is 1.47 bits per heavy atom. The number of benzene rings is 1. The molecule has 0 saturated carbocycles. The van der Waals surface area contributed by atoms with Crippen LogP contribution in [0.25, 0.3) is 0 Å². The van der Waals surface area contributed by atoms with E-state index in [1.165, 1.54) is 0 Å². The maximum Gasteiger partial charge on any atom is 0.137 e. The second-order valence-corrected chi connectivity index (χ2v) is 4.67. The molecule has 1 atom stereocenters. The van der Waals surface area contributed by atoms with Crippen molar-refractivity contribution in [3.05, 3.63) is 28.8 Å². The van der Waals surface area contributed by atoms with Crippen molar-refractivity contribution in [1.29, 1.82) is 5.26 Å². The molecule has 0 amide bonds. The molecule has 0 radical (unpaired) electrons. The van der Waals surface area contributed by atoms with Crippen LogP contribution >= 0.6 is 11.6 Å². The van der Waals surface area contributed by atoms with Gasteiger partial charge in [-0.1, -0.05) is 31.5 Å². The van der Waals surface area contributed by atoms with Gasteiger partial charge in [0, 0.05) is 0 Å². The molecule has 0 aliphatic rings. The van der Waals surface area contributed by atoms with E-state index >= 15 is 0 Å². The molecular formula is C13H17ClN2O. The first-order valence-electron chi connectivity index (χ1n) is 5.55. The van der Waals surface area contributed by atoms with Gasteiger partial charge in [0.25, 0.3) is 0 Å². The standard InChI is InChI=1S/C13H17ClN2O/c1-9(2)8-16-12(7-15)10-4-5-13(17-3)11(14)6-10/h4-6,9,12,16H,8H2,1-3H3. The molecule has 1 aromatic carbocycles. The van der Waals surface area contributed by atoms with Gasteiger partial charge in [0.2, 0.25) is 0 Å². The van der Waals surface area contributed by atoms with Crippen LogP contribution in [0.15, 0.2) is 18.2 Å². The molecule has 0 spiro atoms. The fraction of sp³-hybridized carbons (Fsp3) is 0.462. The van der Waals surface area contributed by atoms with Gasteiger partial charge in [0.1, 0.15) is 11.8 Å². The Hall–Kier alpha value is -1.24. The van der Waals surface area contributed by atoms with E-state index in [0.717, 1.165) is 12.1 Å². The Morgan fingerprint density at radius 2 is 2.18 bits per heavy atom. The van der Waals surface area contributed by atoms with Crippen molar-refractivity contribution in [2.75, 3.05) is 13.7 Å². The number of hydrogen-bond acceptors (Lipinski definition) is 3. The first-order chi connectivity index (χ1) is 8.08. The van der Waals surface area contributed by atoms with Crippen molar-refractivity contribution in [2.24, 2.45) is 5.92 Å². The van der Waals surface area contributed by atoms with Crippen molar-refractivity contribution in [2.45, 2.75) is 19.9 Å². The number of hydrogen-bond donors (Lipinski definition) is 1. The van der Waals surface area contributed by atoms with E-state index in [4.69, 9.17) is 21.6 Å². The third-order valence-corrected chi connectivity index (χ3v) is 2.66. The second-order valence-electron chi connectivity index (χ2n) is 4.26. The van der Waals surface area contributed by atoms with Gasteiger partial charge in [0.05, 0.1) is 18.2 Å². The molecule has 0 aliphatic heterocycles. The highest BCUT2D eigenvalue weighted by molar-refractivity contribution is 6.32. The average Bonchev–Trinajstić information content (AvgIpc) is 2.29. The maximum absolute atomic E-state index is 9.12. The first-order valence-corrected chi connectivity index (χ1v) is 5.92. The zero-order chi connectivity index (χ0) is 12.8. The number of nitriles is 1. The molecule has 92 valence electrons. The SMILES string of the molecule is COc1ccc(C(C#N)NCC(C)C)cc1Cl. The lowest BCUT2D eigenvalue weighted by atomic mass is 10.1. The highest BCUT2D eigenvalue weighted by Gasteiger charge is 2.12. The highest BCUT2D eigenvalue weighted by atomic mass is 35.5. The van der Waals surface area contributed by atoms with E-state index in [2.05, 4.69) is 25.2 Å². The van der Waals surface area contributed by atoms with Gasteiger partial charge in [-0.25, -0.2) is 0 Å². The van der Waals surface area contributed by atoms with Crippen molar-refractivity contribution >= 4 is 11.6 Å². The minimum Gasteiger partial charge on any atom is -0.495 e. The Balaban J connectivity index is 2.83. The zero-order valence-corrected chi connectivity index (χ0v) is 11.1. The summed E-state index contributed by atoms with van der Waals surface area (Å²) in [4.78, 5) is 0. The molecule has 1 rings (SSSR count). The summed E-state index contributed by atoms with van der Waals surface area (Å²) in [6, 6.07) is 7.29. The zero-order valence-electron chi connectivity index (χ0n) is 10.3. The molecule has 1 unspecified atom stereocenters. The lowest BCUT2D eigenvalue weighted by Crippen LogP contribution is -2.24. The molecule has 0 bridgehead atoms. The Morgan fingerprint density at radius 3 is 2.65 bits per heavy atom. The monoisotopic (exact) mass is 252 g/mol. The number of nitrogens with one attached hydrogen (secondary N) is 1.